The van der Waals surface area contributed by atoms with Crippen molar-refractivity contribution in [3.05, 3.63) is 0 Å². The van der Waals surface area contributed by atoms with Gasteiger partial charge in [-0.25, -0.2) is 4.79 Å². The molecule has 0 unspecified atom stereocenters. The fraction of sp³-hybridized carbons (Fsp3) is 0.900. The summed E-state index contributed by atoms with van der Waals surface area (Å²) in [6.45, 7) is 4.56. The molecule has 5 nitrogen and oxygen atoms in total. The molecule has 3 saturated heterocycles. The first-order valence-electron chi connectivity index (χ1n) is 5.67. The summed E-state index contributed by atoms with van der Waals surface area (Å²) < 4.78 is 0. The lowest BCUT2D eigenvalue weighted by molar-refractivity contribution is -0.0648. The molecule has 0 bridgehead atoms. The minimum Gasteiger partial charge on any atom is -0.465 e. The highest BCUT2D eigenvalue weighted by molar-refractivity contribution is 5.67. The number of nitrogens with zero attached hydrogens (tertiary/aromatic N) is 2. The summed E-state index contributed by atoms with van der Waals surface area (Å²) in [5.74, 6) is 0. The third-order valence-corrected chi connectivity index (χ3v) is 4.06. The van der Waals surface area contributed by atoms with Crippen LogP contribution in [0.3, 0.4) is 0 Å². The Morgan fingerprint density at radius 2 is 2.27 bits per heavy atom. The van der Waals surface area contributed by atoms with E-state index in [1.54, 1.807) is 0 Å². The third kappa shape index (κ3) is 1.26. The van der Waals surface area contributed by atoms with E-state index in [9.17, 15) is 4.79 Å². The molecule has 15 heavy (non-hydrogen) atoms. The molecule has 0 aromatic rings. The van der Waals surface area contributed by atoms with Gasteiger partial charge in [-0.1, -0.05) is 0 Å². The Morgan fingerprint density at radius 3 is 3.00 bits per heavy atom. The lowest BCUT2D eigenvalue weighted by Gasteiger charge is -2.58. The average Bonchev–Trinajstić information content (AvgIpc) is 2.60. The monoisotopic (exact) mass is 211 g/mol. The Morgan fingerprint density at radius 1 is 1.47 bits per heavy atom. The summed E-state index contributed by atoms with van der Waals surface area (Å²) in [6.07, 6.45) is 1.75. The van der Waals surface area contributed by atoms with Gasteiger partial charge in [0, 0.05) is 32.2 Å². The minimum absolute atomic E-state index is 0.123. The van der Waals surface area contributed by atoms with Crippen LogP contribution in [0, 0.1) is 0 Å². The summed E-state index contributed by atoms with van der Waals surface area (Å²) in [7, 11) is 0. The van der Waals surface area contributed by atoms with Gasteiger partial charge < -0.3 is 15.3 Å². The van der Waals surface area contributed by atoms with Crippen LogP contribution in [-0.2, 0) is 0 Å². The number of nitrogens with one attached hydrogen (secondary N) is 1. The van der Waals surface area contributed by atoms with Crippen LogP contribution in [0.2, 0.25) is 0 Å². The Balaban J connectivity index is 1.73. The van der Waals surface area contributed by atoms with Crippen molar-refractivity contribution < 1.29 is 9.90 Å². The molecule has 3 heterocycles. The van der Waals surface area contributed by atoms with Crippen molar-refractivity contribution in [1.82, 2.24) is 15.1 Å². The second-order valence-electron chi connectivity index (χ2n) is 4.98. The number of amides is 1. The van der Waals surface area contributed by atoms with Crippen LogP contribution < -0.4 is 5.32 Å². The van der Waals surface area contributed by atoms with Crippen molar-refractivity contribution in [3.8, 4) is 0 Å². The number of hydrogen-bond acceptors (Lipinski definition) is 3. The maximum absolute atomic E-state index is 10.8. The molecule has 3 rings (SSSR count). The van der Waals surface area contributed by atoms with E-state index in [4.69, 9.17) is 5.11 Å². The fourth-order valence-corrected chi connectivity index (χ4v) is 3.34. The summed E-state index contributed by atoms with van der Waals surface area (Å²) in [5.41, 5.74) is 0.123. The van der Waals surface area contributed by atoms with Gasteiger partial charge in [-0.05, 0) is 19.4 Å². The molecule has 3 aliphatic heterocycles. The van der Waals surface area contributed by atoms with E-state index in [-0.39, 0.29) is 5.54 Å². The predicted molar refractivity (Wildman–Crippen MR) is 54.9 cm³/mol. The van der Waals surface area contributed by atoms with Crippen molar-refractivity contribution in [2.45, 2.75) is 24.4 Å². The first-order chi connectivity index (χ1) is 7.21. The highest BCUT2D eigenvalue weighted by atomic mass is 16.4. The second kappa shape index (κ2) is 3.09. The largest absolute Gasteiger partial charge is 0.465 e. The van der Waals surface area contributed by atoms with Crippen LogP contribution in [0.5, 0.6) is 0 Å². The van der Waals surface area contributed by atoms with Crippen LogP contribution in [0.25, 0.3) is 0 Å². The highest BCUT2D eigenvalue weighted by Crippen LogP contribution is 2.35. The molecule has 5 heteroatoms. The van der Waals surface area contributed by atoms with Gasteiger partial charge in [0.2, 0.25) is 0 Å². The standard InChI is InChI=1S/C10H17N3O2/c14-9(15)12-6-10(7-12)5-11-4-8-2-1-3-13(8)10/h8,11H,1-7H2,(H,14,15)/t8-/m1/s1. The van der Waals surface area contributed by atoms with Crippen LogP contribution in [0.4, 0.5) is 4.79 Å². The van der Waals surface area contributed by atoms with Gasteiger partial charge >= 0.3 is 6.09 Å². The van der Waals surface area contributed by atoms with Crippen molar-refractivity contribution in [2.75, 3.05) is 32.7 Å². The lowest BCUT2D eigenvalue weighted by atomic mass is 9.85. The molecule has 3 aliphatic rings. The van der Waals surface area contributed by atoms with Crippen LogP contribution in [0.1, 0.15) is 12.8 Å². The Kier molecular flexibility index (Phi) is 1.94. The van der Waals surface area contributed by atoms with Gasteiger partial charge in [0.25, 0.3) is 0 Å². The van der Waals surface area contributed by atoms with E-state index in [1.807, 2.05) is 0 Å². The number of piperazine rings is 1. The number of fused-ring (bicyclic) bond motifs is 2. The van der Waals surface area contributed by atoms with Crippen LogP contribution in [-0.4, -0.2) is 65.3 Å². The minimum atomic E-state index is -0.776. The van der Waals surface area contributed by atoms with E-state index >= 15 is 0 Å². The summed E-state index contributed by atoms with van der Waals surface area (Å²) in [6, 6.07) is 0.648. The van der Waals surface area contributed by atoms with Gasteiger partial charge in [-0.3, -0.25) is 4.90 Å². The Hall–Kier alpha value is -0.810. The topological polar surface area (TPSA) is 55.8 Å². The summed E-state index contributed by atoms with van der Waals surface area (Å²) in [4.78, 5) is 14.8. The zero-order valence-electron chi connectivity index (χ0n) is 8.78. The first-order valence-corrected chi connectivity index (χ1v) is 5.67. The summed E-state index contributed by atoms with van der Waals surface area (Å²) in [5, 5.41) is 12.3. The zero-order valence-corrected chi connectivity index (χ0v) is 8.78. The fourth-order valence-electron chi connectivity index (χ4n) is 3.34. The van der Waals surface area contributed by atoms with E-state index in [0.29, 0.717) is 19.1 Å². The SMILES string of the molecule is O=C(O)N1CC2(CNC[C@H]3CCCN32)C1. The molecule has 2 N–H and O–H groups in total. The van der Waals surface area contributed by atoms with Crippen molar-refractivity contribution in [1.29, 1.82) is 0 Å². The first kappa shape index (κ1) is 9.42. The molecule has 0 aromatic heterocycles. The average molecular weight is 211 g/mol. The number of carbonyl (C=O) groups is 1. The highest BCUT2D eigenvalue weighted by Gasteiger charge is 2.53. The Bertz CT molecular complexity index is 288. The molecule has 1 amide bonds. The van der Waals surface area contributed by atoms with E-state index < -0.39 is 6.09 Å². The van der Waals surface area contributed by atoms with Crippen molar-refractivity contribution >= 4 is 6.09 Å². The number of hydrogen-bond donors (Lipinski definition) is 2. The molecular formula is C10H17N3O2. The van der Waals surface area contributed by atoms with Crippen molar-refractivity contribution in [3.63, 3.8) is 0 Å². The predicted octanol–water partition coefficient (Wildman–Crippen LogP) is -0.214. The van der Waals surface area contributed by atoms with E-state index in [0.717, 1.165) is 19.6 Å². The number of carboxylic acid groups (broad SMARTS) is 1. The quantitative estimate of drug-likeness (QED) is 0.582. The van der Waals surface area contributed by atoms with Crippen LogP contribution >= 0.6 is 0 Å². The smallest absolute Gasteiger partial charge is 0.407 e. The van der Waals surface area contributed by atoms with Gasteiger partial charge in [0.15, 0.2) is 0 Å². The molecule has 3 fully saturated rings. The second-order valence-corrected chi connectivity index (χ2v) is 4.98. The third-order valence-electron chi connectivity index (χ3n) is 4.06. The van der Waals surface area contributed by atoms with E-state index in [2.05, 4.69) is 10.2 Å². The molecule has 1 spiro atoms. The lowest BCUT2D eigenvalue weighted by Crippen LogP contribution is -2.78. The van der Waals surface area contributed by atoms with Crippen molar-refractivity contribution in [2.24, 2.45) is 0 Å². The molecule has 0 radical (unpaired) electrons. The molecular weight excluding hydrogens is 194 g/mol. The van der Waals surface area contributed by atoms with Crippen LogP contribution in [0.15, 0.2) is 0 Å². The normalized spacial score (nSPS) is 33.9. The maximum atomic E-state index is 10.8. The molecule has 84 valence electrons. The molecule has 1 atom stereocenters. The zero-order chi connectivity index (χ0) is 10.5. The van der Waals surface area contributed by atoms with Gasteiger partial charge in [0.1, 0.15) is 0 Å². The van der Waals surface area contributed by atoms with Gasteiger partial charge in [-0.2, -0.15) is 0 Å². The molecule has 0 aromatic carbocycles. The number of likely N-dealkylation sites (tertiary alicyclic amines) is 1. The number of rotatable bonds is 0. The van der Waals surface area contributed by atoms with Gasteiger partial charge in [0.05, 0.1) is 5.54 Å². The molecule has 0 saturated carbocycles. The Labute approximate surface area is 89.0 Å². The maximum Gasteiger partial charge on any atom is 0.407 e. The van der Waals surface area contributed by atoms with Gasteiger partial charge in [-0.15, -0.1) is 0 Å². The molecule has 0 aliphatic carbocycles. The summed E-state index contributed by atoms with van der Waals surface area (Å²) >= 11 is 0. The van der Waals surface area contributed by atoms with E-state index in [1.165, 1.54) is 17.7 Å².